The van der Waals surface area contributed by atoms with Gasteiger partial charge >= 0.3 is 0 Å². The summed E-state index contributed by atoms with van der Waals surface area (Å²) in [5, 5.41) is 2.81. The molecular weight excluding hydrogens is 416 g/mol. The lowest BCUT2D eigenvalue weighted by Gasteiger charge is -2.21. The first-order valence-corrected chi connectivity index (χ1v) is 10.2. The van der Waals surface area contributed by atoms with Crippen LogP contribution in [0.25, 0.3) is 22.5 Å². The summed E-state index contributed by atoms with van der Waals surface area (Å²) in [5.74, 6) is 0.233. The third-order valence-corrected chi connectivity index (χ3v) is 4.91. The number of nitrogens with zero attached hydrogens (tertiary/aromatic N) is 7. The van der Waals surface area contributed by atoms with Crippen molar-refractivity contribution in [2.24, 2.45) is 4.99 Å². The maximum absolute atomic E-state index is 12.7. The van der Waals surface area contributed by atoms with E-state index in [-0.39, 0.29) is 12.5 Å². The molecule has 0 saturated heterocycles. The highest BCUT2D eigenvalue weighted by Crippen LogP contribution is 2.36. The molecule has 0 bridgehead atoms. The Balaban J connectivity index is 1.48. The van der Waals surface area contributed by atoms with Crippen molar-refractivity contribution in [3.05, 3.63) is 73.2 Å². The van der Waals surface area contributed by atoms with Crippen molar-refractivity contribution < 1.29 is 4.79 Å². The van der Waals surface area contributed by atoms with E-state index in [2.05, 4.69) is 41.9 Å². The molecule has 0 saturated carbocycles. The van der Waals surface area contributed by atoms with Crippen LogP contribution in [0, 0.1) is 6.92 Å². The third kappa shape index (κ3) is 5.04. The summed E-state index contributed by atoms with van der Waals surface area (Å²) >= 11 is 0. The van der Waals surface area contributed by atoms with Gasteiger partial charge in [0, 0.05) is 54.9 Å². The van der Waals surface area contributed by atoms with Gasteiger partial charge in [-0.3, -0.25) is 29.7 Å². The van der Waals surface area contributed by atoms with Gasteiger partial charge in [0.1, 0.15) is 11.5 Å². The highest BCUT2D eigenvalue weighted by atomic mass is 16.2. The van der Waals surface area contributed by atoms with E-state index < -0.39 is 0 Å². The highest BCUT2D eigenvalue weighted by Gasteiger charge is 2.16. The van der Waals surface area contributed by atoms with Crippen LogP contribution in [-0.4, -0.2) is 51.1 Å². The van der Waals surface area contributed by atoms with Crippen molar-refractivity contribution in [2.75, 3.05) is 23.8 Å². The van der Waals surface area contributed by atoms with Gasteiger partial charge in [-0.05, 0) is 44.0 Å². The Morgan fingerprint density at radius 2 is 1.85 bits per heavy atom. The summed E-state index contributed by atoms with van der Waals surface area (Å²) in [6.45, 7) is 5.72. The number of anilines is 2. The van der Waals surface area contributed by atoms with Crippen molar-refractivity contribution in [2.45, 2.75) is 6.92 Å². The Morgan fingerprint density at radius 1 is 1.00 bits per heavy atom. The minimum absolute atomic E-state index is 0.0922. The van der Waals surface area contributed by atoms with Crippen LogP contribution in [0.2, 0.25) is 0 Å². The van der Waals surface area contributed by atoms with E-state index in [0.717, 1.165) is 22.5 Å². The van der Waals surface area contributed by atoms with Crippen LogP contribution in [0.3, 0.4) is 0 Å². The van der Waals surface area contributed by atoms with E-state index in [1.807, 2.05) is 38.2 Å². The second-order valence-electron chi connectivity index (χ2n) is 7.30. The van der Waals surface area contributed by atoms with Crippen LogP contribution in [-0.2, 0) is 4.79 Å². The van der Waals surface area contributed by atoms with Gasteiger partial charge in [0.15, 0.2) is 0 Å². The average molecular weight is 438 g/mol. The standard InChI is InChI=1S/C24H22N8O/c1-16-12-17(6-8-27-16)23-24(25-2)20(7-9-29-23)32(3)15-22(33)31-21-5-4-18(13-30-21)19-14-26-10-11-28-19/h4-14H,2,15H2,1,3H3,(H,30,31,33). The van der Waals surface area contributed by atoms with Gasteiger partial charge in [0.25, 0.3) is 0 Å². The van der Waals surface area contributed by atoms with Crippen LogP contribution < -0.4 is 10.2 Å². The van der Waals surface area contributed by atoms with Crippen molar-refractivity contribution in [3.8, 4) is 22.5 Å². The normalized spacial score (nSPS) is 10.5. The molecule has 4 heterocycles. The topological polar surface area (TPSA) is 109 Å². The zero-order valence-corrected chi connectivity index (χ0v) is 18.3. The number of carbonyl (C=O) groups is 1. The molecular formula is C24H22N8O. The van der Waals surface area contributed by atoms with Gasteiger partial charge < -0.3 is 10.2 Å². The van der Waals surface area contributed by atoms with Crippen LogP contribution in [0.15, 0.2) is 72.5 Å². The van der Waals surface area contributed by atoms with Crippen molar-refractivity contribution in [3.63, 3.8) is 0 Å². The molecule has 33 heavy (non-hydrogen) atoms. The molecule has 0 aliphatic carbocycles. The van der Waals surface area contributed by atoms with Crippen LogP contribution in [0.1, 0.15) is 5.69 Å². The SMILES string of the molecule is C=Nc1c(N(C)CC(=O)Nc2ccc(-c3cnccn3)cn2)ccnc1-c1ccnc(C)c1. The molecule has 9 heteroatoms. The Kier molecular flexibility index (Phi) is 6.40. The lowest BCUT2D eigenvalue weighted by molar-refractivity contribution is -0.114. The predicted molar refractivity (Wildman–Crippen MR) is 129 cm³/mol. The van der Waals surface area contributed by atoms with Crippen LogP contribution in [0.5, 0.6) is 0 Å². The number of hydrogen-bond donors (Lipinski definition) is 1. The number of aliphatic imine (C=N–C) groups is 1. The molecule has 4 rings (SSSR count). The summed E-state index contributed by atoms with van der Waals surface area (Å²) in [6.07, 6.45) is 9.95. The summed E-state index contributed by atoms with van der Waals surface area (Å²) in [4.78, 5) is 40.0. The van der Waals surface area contributed by atoms with E-state index in [0.29, 0.717) is 22.9 Å². The van der Waals surface area contributed by atoms with Gasteiger partial charge in [-0.25, -0.2) is 4.98 Å². The Hall–Kier alpha value is -4.53. The number of hydrogen-bond acceptors (Lipinski definition) is 8. The fraction of sp³-hybridized carbons (Fsp3) is 0.125. The van der Waals surface area contributed by atoms with Crippen LogP contribution in [0.4, 0.5) is 17.2 Å². The van der Waals surface area contributed by atoms with E-state index in [1.54, 1.807) is 48.1 Å². The largest absolute Gasteiger partial charge is 0.363 e. The van der Waals surface area contributed by atoms with E-state index >= 15 is 0 Å². The third-order valence-electron chi connectivity index (χ3n) is 4.91. The fourth-order valence-corrected chi connectivity index (χ4v) is 3.36. The maximum atomic E-state index is 12.7. The first-order chi connectivity index (χ1) is 16.0. The number of nitrogens with one attached hydrogen (secondary N) is 1. The molecule has 0 aromatic carbocycles. The summed E-state index contributed by atoms with van der Waals surface area (Å²) < 4.78 is 0. The molecule has 0 atom stereocenters. The molecule has 0 aliphatic rings. The van der Waals surface area contributed by atoms with Gasteiger partial charge in [0.05, 0.1) is 29.8 Å². The van der Waals surface area contributed by atoms with E-state index in [9.17, 15) is 4.79 Å². The molecule has 0 unspecified atom stereocenters. The number of aryl methyl sites for hydroxylation is 1. The number of amides is 1. The second-order valence-corrected chi connectivity index (χ2v) is 7.30. The number of likely N-dealkylation sites (N-methyl/N-ethyl adjacent to an activating group) is 1. The lowest BCUT2D eigenvalue weighted by Crippen LogP contribution is -2.30. The lowest BCUT2D eigenvalue weighted by atomic mass is 10.1. The van der Waals surface area contributed by atoms with E-state index in [4.69, 9.17) is 0 Å². The van der Waals surface area contributed by atoms with Gasteiger partial charge in [-0.1, -0.05) is 0 Å². The number of pyridine rings is 3. The first kappa shape index (κ1) is 21.7. The average Bonchev–Trinajstić information content (AvgIpc) is 2.84. The first-order valence-electron chi connectivity index (χ1n) is 10.2. The van der Waals surface area contributed by atoms with Gasteiger partial charge in [-0.2, -0.15) is 0 Å². The Bertz CT molecular complexity index is 1280. The molecule has 0 aliphatic heterocycles. The molecule has 9 nitrogen and oxygen atoms in total. The second kappa shape index (κ2) is 9.73. The summed E-state index contributed by atoms with van der Waals surface area (Å²) in [6, 6.07) is 9.18. The van der Waals surface area contributed by atoms with Crippen LogP contribution >= 0.6 is 0 Å². The zero-order valence-electron chi connectivity index (χ0n) is 18.3. The fourth-order valence-electron chi connectivity index (χ4n) is 3.36. The molecule has 0 spiro atoms. The van der Waals surface area contributed by atoms with E-state index in [1.165, 1.54) is 0 Å². The Morgan fingerprint density at radius 3 is 2.55 bits per heavy atom. The van der Waals surface area contributed by atoms with Crippen molar-refractivity contribution in [1.29, 1.82) is 0 Å². The molecule has 1 N–H and O–H groups in total. The Labute approximate surface area is 191 Å². The van der Waals surface area contributed by atoms with Gasteiger partial charge in [-0.15, -0.1) is 0 Å². The molecule has 4 aromatic rings. The smallest absolute Gasteiger partial charge is 0.245 e. The predicted octanol–water partition coefficient (Wildman–Crippen LogP) is 3.71. The summed E-state index contributed by atoms with van der Waals surface area (Å²) in [5.41, 5.74) is 5.31. The number of aromatic nitrogens is 5. The molecule has 4 aromatic heterocycles. The monoisotopic (exact) mass is 438 g/mol. The molecule has 0 fully saturated rings. The molecule has 0 radical (unpaired) electrons. The number of carbonyl (C=O) groups excluding carboxylic acids is 1. The maximum Gasteiger partial charge on any atom is 0.245 e. The van der Waals surface area contributed by atoms with Gasteiger partial charge in [0.2, 0.25) is 5.91 Å². The minimum Gasteiger partial charge on any atom is -0.363 e. The highest BCUT2D eigenvalue weighted by molar-refractivity contribution is 5.94. The van der Waals surface area contributed by atoms with Crippen molar-refractivity contribution in [1.82, 2.24) is 24.9 Å². The minimum atomic E-state index is -0.217. The summed E-state index contributed by atoms with van der Waals surface area (Å²) in [7, 11) is 1.82. The zero-order chi connectivity index (χ0) is 23.2. The number of rotatable bonds is 7. The van der Waals surface area contributed by atoms with Crippen molar-refractivity contribution >= 4 is 29.8 Å². The quantitative estimate of drug-likeness (QED) is 0.438. The molecule has 1 amide bonds. The molecule has 164 valence electrons.